The van der Waals surface area contributed by atoms with Gasteiger partial charge in [0.15, 0.2) is 0 Å². The van der Waals surface area contributed by atoms with E-state index in [0.717, 1.165) is 0 Å². The molecule has 100 valence electrons. The zero-order valence-corrected chi connectivity index (χ0v) is 12.6. The van der Waals surface area contributed by atoms with Crippen molar-refractivity contribution in [2.24, 2.45) is 0 Å². The highest BCUT2D eigenvalue weighted by Gasteiger charge is 2.14. The van der Waals surface area contributed by atoms with Gasteiger partial charge in [-0.15, -0.1) is 11.8 Å². The summed E-state index contributed by atoms with van der Waals surface area (Å²) in [6, 6.07) is 0. The van der Waals surface area contributed by atoms with Crippen LogP contribution in [-0.2, 0) is 4.74 Å². The molecule has 17 heavy (non-hydrogen) atoms. The Labute approximate surface area is 113 Å². The summed E-state index contributed by atoms with van der Waals surface area (Å²) in [4.78, 5) is 13.1. The van der Waals surface area contributed by atoms with Crippen molar-refractivity contribution in [3.05, 3.63) is 0 Å². The summed E-state index contributed by atoms with van der Waals surface area (Å²) in [5, 5.41) is 3.90. The van der Waals surface area contributed by atoms with Crippen LogP contribution in [0.15, 0.2) is 0 Å². The molecule has 0 spiro atoms. The van der Waals surface area contributed by atoms with E-state index in [4.69, 9.17) is 4.74 Å². The molecule has 0 radical (unpaired) electrons. The van der Waals surface area contributed by atoms with E-state index in [1.807, 2.05) is 32.5 Å². The highest BCUT2D eigenvalue weighted by Crippen LogP contribution is 2.09. The first-order chi connectivity index (χ1) is 7.85. The van der Waals surface area contributed by atoms with Crippen LogP contribution in [0.3, 0.4) is 0 Å². The monoisotopic (exact) mass is 278 g/mol. The van der Waals surface area contributed by atoms with Crippen LogP contribution in [0, 0.1) is 0 Å². The summed E-state index contributed by atoms with van der Waals surface area (Å²) >= 11 is 6.52. The van der Waals surface area contributed by atoms with E-state index in [0.29, 0.717) is 6.54 Å². The van der Waals surface area contributed by atoms with Crippen LogP contribution in [0.5, 0.6) is 0 Å². The summed E-state index contributed by atoms with van der Waals surface area (Å²) in [5.74, 6) is 2.57. The van der Waals surface area contributed by atoms with Crippen LogP contribution in [0.2, 0.25) is 0 Å². The van der Waals surface area contributed by atoms with E-state index in [2.05, 4.69) is 29.5 Å². The number of ether oxygens (including phenoxy) is 1. The Morgan fingerprint density at radius 2 is 2.24 bits per heavy atom. The van der Waals surface area contributed by atoms with Crippen molar-refractivity contribution in [1.29, 1.82) is 0 Å². The molecule has 0 saturated carbocycles. The number of thioether (sulfide) groups is 1. The van der Waals surface area contributed by atoms with Gasteiger partial charge < -0.3 is 10.1 Å². The third-order valence-electron chi connectivity index (χ3n) is 1.66. The first kappa shape index (κ1) is 16.7. The molecule has 0 aromatic rings. The van der Waals surface area contributed by atoms with Crippen LogP contribution >= 0.6 is 24.0 Å². The van der Waals surface area contributed by atoms with Gasteiger partial charge in [-0.25, -0.2) is 4.79 Å². The molecule has 0 aromatic heterocycles. The SMILES string of the molecule is CC(C)(C)OC(=O)NCC=S.CN1CCSC1. The minimum atomic E-state index is -0.439. The zero-order valence-electron chi connectivity index (χ0n) is 11.0. The lowest BCUT2D eigenvalue weighted by Crippen LogP contribution is -2.33. The normalized spacial score (nSPS) is 15.8. The standard InChI is InChI=1S/C7H13NO2S.C4H9NS/c1-7(2,3)10-6(9)8-4-5-11;1-5-2-3-6-4-5/h5H,4H2,1-3H3,(H,8,9);2-4H2,1H3. The number of hydrogen-bond donors (Lipinski definition) is 1. The van der Waals surface area contributed by atoms with Gasteiger partial charge in [-0.2, -0.15) is 0 Å². The van der Waals surface area contributed by atoms with Gasteiger partial charge in [-0.3, -0.25) is 4.90 Å². The van der Waals surface area contributed by atoms with E-state index < -0.39 is 11.7 Å². The highest BCUT2D eigenvalue weighted by atomic mass is 32.2. The lowest BCUT2D eigenvalue weighted by atomic mass is 10.2. The third kappa shape index (κ3) is 11.9. The highest BCUT2D eigenvalue weighted by molar-refractivity contribution is 7.99. The van der Waals surface area contributed by atoms with Gasteiger partial charge in [0, 0.05) is 24.7 Å². The number of rotatable bonds is 2. The second kappa shape index (κ2) is 8.72. The maximum absolute atomic E-state index is 10.8. The average Bonchev–Trinajstić information content (AvgIpc) is 2.64. The Kier molecular flexibility index (Phi) is 8.55. The molecule has 0 bridgehead atoms. The molecule has 1 N–H and O–H groups in total. The van der Waals surface area contributed by atoms with Crippen LogP contribution < -0.4 is 5.32 Å². The summed E-state index contributed by atoms with van der Waals surface area (Å²) in [6.07, 6.45) is -0.432. The predicted octanol–water partition coefficient (Wildman–Crippen LogP) is 2.13. The molecule has 1 aliphatic rings. The second-order valence-corrected chi connectivity index (χ2v) is 6.07. The topological polar surface area (TPSA) is 41.6 Å². The Morgan fingerprint density at radius 3 is 2.53 bits per heavy atom. The van der Waals surface area contributed by atoms with E-state index in [-0.39, 0.29) is 0 Å². The Bertz CT molecular complexity index is 236. The van der Waals surface area contributed by atoms with Crippen molar-refractivity contribution in [2.45, 2.75) is 26.4 Å². The Morgan fingerprint density at radius 1 is 1.59 bits per heavy atom. The van der Waals surface area contributed by atoms with Gasteiger partial charge >= 0.3 is 6.09 Å². The summed E-state index contributed by atoms with van der Waals surface area (Å²) in [6.45, 7) is 7.08. The number of nitrogens with one attached hydrogen (secondary N) is 1. The fraction of sp³-hybridized carbons (Fsp3) is 0.818. The molecule has 4 nitrogen and oxygen atoms in total. The van der Waals surface area contributed by atoms with Crippen LogP contribution in [-0.4, -0.2) is 53.7 Å². The maximum atomic E-state index is 10.8. The number of alkyl carbamates (subject to hydrolysis) is 1. The average molecular weight is 278 g/mol. The Balaban J connectivity index is 0.000000354. The molecule has 1 saturated heterocycles. The predicted molar refractivity (Wildman–Crippen MR) is 77.8 cm³/mol. The number of thiocarbonyl (C=S) groups is 1. The van der Waals surface area contributed by atoms with Crippen LogP contribution in [0.25, 0.3) is 0 Å². The number of carbonyl (C=O) groups is 1. The van der Waals surface area contributed by atoms with Gasteiger partial charge in [0.1, 0.15) is 5.60 Å². The molecule has 0 aliphatic carbocycles. The number of nitrogens with zero attached hydrogens (tertiary/aromatic N) is 1. The van der Waals surface area contributed by atoms with Crippen molar-refractivity contribution < 1.29 is 9.53 Å². The fourth-order valence-corrected chi connectivity index (χ4v) is 2.04. The third-order valence-corrected chi connectivity index (χ3v) is 2.92. The summed E-state index contributed by atoms with van der Waals surface area (Å²) < 4.78 is 4.92. The smallest absolute Gasteiger partial charge is 0.407 e. The van der Waals surface area contributed by atoms with Gasteiger partial charge in [0.05, 0.1) is 0 Å². The van der Waals surface area contributed by atoms with Crippen molar-refractivity contribution in [3.63, 3.8) is 0 Å². The number of hydrogen-bond acceptors (Lipinski definition) is 5. The molecular weight excluding hydrogens is 256 g/mol. The van der Waals surface area contributed by atoms with Crippen molar-refractivity contribution in [3.8, 4) is 0 Å². The largest absolute Gasteiger partial charge is 0.444 e. The van der Waals surface area contributed by atoms with Crippen molar-refractivity contribution in [2.75, 3.05) is 31.8 Å². The molecule has 0 aromatic carbocycles. The Hall–Kier alpha value is -0.330. The maximum Gasteiger partial charge on any atom is 0.407 e. The van der Waals surface area contributed by atoms with Crippen LogP contribution in [0.4, 0.5) is 4.79 Å². The van der Waals surface area contributed by atoms with Gasteiger partial charge in [0.25, 0.3) is 0 Å². The van der Waals surface area contributed by atoms with Gasteiger partial charge in [0.2, 0.25) is 0 Å². The molecule has 6 heteroatoms. The lowest BCUT2D eigenvalue weighted by molar-refractivity contribution is 0.0537. The molecule has 1 heterocycles. The molecule has 1 aliphatic heterocycles. The lowest BCUT2D eigenvalue weighted by Gasteiger charge is -2.19. The second-order valence-electron chi connectivity index (χ2n) is 4.67. The van der Waals surface area contributed by atoms with E-state index in [1.165, 1.54) is 23.5 Å². The van der Waals surface area contributed by atoms with E-state index in [9.17, 15) is 4.79 Å². The van der Waals surface area contributed by atoms with Crippen LogP contribution in [0.1, 0.15) is 20.8 Å². The molecule has 0 atom stereocenters. The summed E-state index contributed by atoms with van der Waals surface area (Å²) in [5.41, 5.74) is -0.439. The number of amides is 1. The molecule has 1 amide bonds. The molecular formula is C11H22N2O2S2. The minimum absolute atomic E-state index is 0.365. The quantitative estimate of drug-likeness (QED) is 0.784. The van der Waals surface area contributed by atoms with Gasteiger partial charge in [-0.1, -0.05) is 12.2 Å². The van der Waals surface area contributed by atoms with E-state index >= 15 is 0 Å². The van der Waals surface area contributed by atoms with Crippen molar-refractivity contribution in [1.82, 2.24) is 10.2 Å². The molecule has 0 unspecified atom stereocenters. The fourth-order valence-electron chi connectivity index (χ4n) is 0.945. The molecule has 1 rings (SSSR count). The zero-order chi connectivity index (χ0) is 13.3. The summed E-state index contributed by atoms with van der Waals surface area (Å²) in [7, 11) is 2.15. The van der Waals surface area contributed by atoms with Gasteiger partial charge in [-0.05, 0) is 33.2 Å². The molecule has 1 fully saturated rings. The first-order valence-electron chi connectivity index (χ1n) is 5.52. The van der Waals surface area contributed by atoms with Crippen molar-refractivity contribution >= 4 is 35.4 Å². The minimum Gasteiger partial charge on any atom is -0.444 e. The number of carbonyl (C=O) groups excluding carboxylic acids is 1. The first-order valence-corrected chi connectivity index (χ1v) is 7.14. The van der Waals surface area contributed by atoms with E-state index in [1.54, 1.807) is 0 Å².